The van der Waals surface area contributed by atoms with Gasteiger partial charge in [-0.15, -0.1) is 0 Å². The van der Waals surface area contributed by atoms with E-state index >= 15 is 0 Å². The first-order valence-electron chi connectivity index (χ1n) is 12.9. The largest absolute Gasteiger partial charge is 0.480 e. The molecule has 2 amide bonds. The minimum Gasteiger partial charge on any atom is -0.480 e. The molecule has 9 nitrogen and oxygen atoms in total. The summed E-state index contributed by atoms with van der Waals surface area (Å²) >= 11 is 0. The van der Waals surface area contributed by atoms with Gasteiger partial charge in [0.25, 0.3) is 0 Å². The molecule has 2 atom stereocenters. The van der Waals surface area contributed by atoms with Crippen molar-refractivity contribution in [3.63, 3.8) is 0 Å². The number of carboxylic acids is 1. The highest BCUT2D eigenvalue weighted by Crippen LogP contribution is 2.43. The summed E-state index contributed by atoms with van der Waals surface area (Å²) in [5.41, 5.74) is 0.789. The Morgan fingerprint density at radius 1 is 0.919 bits per heavy atom. The Bertz CT molecular complexity index is 847. The van der Waals surface area contributed by atoms with Crippen LogP contribution in [0.4, 0.5) is 9.59 Å². The lowest BCUT2D eigenvalue weighted by atomic mass is 10.1. The molecule has 10 heteroatoms. The molecule has 3 N–H and O–H groups in total. The predicted octanol–water partition coefficient (Wildman–Crippen LogP) is 5.84. The van der Waals surface area contributed by atoms with Gasteiger partial charge in [-0.2, -0.15) is 0 Å². The van der Waals surface area contributed by atoms with E-state index in [4.69, 9.17) is 13.9 Å². The number of carbonyl (C=O) groups is 3. The molecule has 0 radical (unpaired) electrons. The molecule has 0 saturated carbocycles. The van der Waals surface area contributed by atoms with E-state index in [0.29, 0.717) is 0 Å². The zero-order valence-electron chi connectivity index (χ0n) is 23.8. The van der Waals surface area contributed by atoms with Gasteiger partial charge in [-0.05, 0) is 43.0 Å². The minimum atomic E-state index is -2.44. The van der Waals surface area contributed by atoms with Crippen molar-refractivity contribution >= 4 is 26.5 Å². The Morgan fingerprint density at radius 2 is 1.46 bits per heavy atom. The van der Waals surface area contributed by atoms with E-state index < -0.39 is 44.2 Å². The van der Waals surface area contributed by atoms with Crippen LogP contribution in [0, 0.1) is 0 Å². The monoisotopic (exact) mass is 538 g/mol. The summed E-state index contributed by atoms with van der Waals surface area (Å²) in [6.45, 7) is 18.0. The molecule has 0 spiro atoms. The summed E-state index contributed by atoms with van der Waals surface area (Å²) in [7, 11) is -2.44. The average molecular weight is 539 g/mol. The molecule has 0 fully saturated rings. The molecule has 1 aromatic carbocycles. The summed E-state index contributed by atoms with van der Waals surface area (Å²) < 4.78 is 17.4. The van der Waals surface area contributed by atoms with Crippen LogP contribution < -0.4 is 10.6 Å². The van der Waals surface area contributed by atoms with Gasteiger partial charge in [-0.3, -0.25) is 0 Å². The lowest BCUT2D eigenvalue weighted by molar-refractivity contribution is -0.140. The molecule has 0 unspecified atom stereocenters. The number of rotatable bonds is 13. The molecule has 210 valence electrons. The van der Waals surface area contributed by atoms with Gasteiger partial charge in [0, 0.05) is 13.0 Å². The Labute approximate surface area is 222 Å². The van der Waals surface area contributed by atoms with Crippen LogP contribution >= 0.6 is 0 Å². The lowest BCUT2D eigenvalue weighted by Gasteiger charge is -2.45. The lowest BCUT2D eigenvalue weighted by Crippen LogP contribution is -2.54. The fourth-order valence-electron chi connectivity index (χ4n) is 4.78. The van der Waals surface area contributed by atoms with Crippen molar-refractivity contribution < 1.29 is 33.4 Å². The Morgan fingerprint density at radius 3 is 1.92 bits per heavy atom. The first-order valence-corrected chi connectivity index (χ1v) is 15.1. The third kappa shape index (κ3) is 10.7. The smallest absolute Gasteiger partial charge is 0.408 e. The van der Waals surface area contributed by atoms with Crippen LogP contribution in [0.25, 0.3) is 0 Å². The second-order valence-electron chi connectivity index (χ2n) is 11.3. The molecule has 1 aromatic rings. The van der Waals surface area contributed by atoms with Crippen molar-refractivity contribution in [2.24, 2.45) is 0 Å². The zero-order chi connectivity index (χ0) is 28.4. The van der Waals surface area contributed by atoms with E-state index in [0.717, 1.165) is 5.56 Å². The van der Waals surface area contributed by atoms with Crippen LogP contribution in [0.3, 0.4) is 0 Å². The van der Waals surface area contributed by atoms with E-state index in [9.17, 15) is 19.5 Å². The second-order valence-corrected chi connectivity index (χ2v) is 16.7. The highest BCUT2D eigenvalue weighted by atomic mass is 28.4. The number of aliphatic carboxylic acids is 1. The second kappa shape index (κ2) is 14.4. The van der Waals surface area contributed by atoms with Gasteiger partial charge in [0.2, 0.25) is 8.32 Å². The topological polar surface area (TPSA) is 123 Å². The Balaban J connectivity index is 3.09. The minimum absolute atomic E-state index is 0.0360. The number of hydrogen-bond acceptors (Lipinski definition) is 6. The van der Waals surface area contributed by atoms with Crippen molar-refractivity contribution in [3.8, 4) is 0 Å². The highest BCUT2D eigenvalue weighted by Gasteiger charge is 2.47. The number of ether oxygens (including phenoxy) is 2. The molecular weight excluding hydrogens is 492 g/mol. The summed E-state index contributed by atoms with van der Waals surface area (Å²) in [5, 5.41) is 15.0. The van der Waals surface area contributed by atoms with E-state index in [2.05, 4.69) is 52.2 Å². The molecule has 0 aromatic heterocycles. The van der Waals surface area contributed by atoms with Crippen molar-refractivity contribution in [2.75, 3.05) is 6.54 Å². The van der Waals surface area contributed by atoms with Gasteiger partial charge >= 0.3 is 18.2 Å². The number of carboxylic acid groups (broad SMARTS) is 1. The van der Waals surface area contributed by atoms with Crippen LogP contribution in [0.15, 0.2) is 30.3 Å². The maximum absolute atomic E-state index is 12.5. The fourth-order valence-corrected chi connectivity index (χ4v) is 10.3. The molecule has 0 heterocycles. The Hall–Kier alpha value is -2.59. The fraction of sp³-hybridized carbons (Fsp3) is 0.667. The molecule has 0 bridgehead atoms. The molecular formula is C27H46N2O7Si. The van der Waals surface area contributed by atoms with Crippen molar-refractivity contribution in [3.05, 3.63) is 35.9 Å². The van der Waals surface area contributed by atoms with E-state index in [1.807, 2.05) is 30.3 Å². The van der Waals surface area contributed by atoms with Gasteiger partial charge in [-0.25, -0.2) is 14.4 Å². The zero-order valence-corrected chi connectivity index (χ0v) is 24.8. The number of carbonyl (C=O) groups excluding carboxylic acids is 2. The number of benzene rings is 1. The number of alkyl carbamates (subject to hydrolysis) is 2. The summed E-state index contributed by atoms with van der Waals surface area (Å²) in [6, 6.07) is 8.04. The van der Waals surface area contributed by atoms with Crippen LogP contribution in [0.2, 0.25) is 16.6 Å². The van der Waals surface area contributed by atoms with Gasteiger partial charge in [0.05, 0.1) is 6.10 Å². The third-order valence-electron chi connectivity index (χ3n) is 6.25. The van der Waals surface area contributed by atoms with Crippen LogP contribution in [0.1, 0.15) is 74.3 Å². The summed E-state index contributed by atoms with van der Waals surface area (Å²) in [5.74, 6) is -1.21. The molecule has 37 heavy (non-hydrogen) atoms. The third-order valence-corrected chi connectivity index (χ3v) is 12.4. The first-order chi connectivity index (χ1) is 17.1. The predicted molar refractivity (Wildman–Crippen MR) is 146 cm³/mol. The van der Waals surface area contributed by atoms with Crippen molar-refractivity contribution in [1.82, 2.24) is 10.6 Å². The molecule has 1 rings (SSSR count). The van der Waals surface area contributed by atoms with Crippen LogP contribution in [-0.2, 0) is 25.3 Å². The average Bonchev–Trinajstić information content (AvgIpc) is 2.77. The van der Waals surface area contributed by atoms with Crippen LogP contribution in [-0.4, -0.2) is 55.9 Å². The van der Waals surface area contributed by atoms with Crippen LogP contribution in [0.5, 0.6) is 0 Å². The molecule has 0 aliphatic rings. The van der Waals surface area contributed by atoms with Gasteiger partial charge < -0.3 is 29.6 Å². The molecule has 0 aliphatic carbocycles. The maximum atomic E-state index is 12.5. The highest BCUT2D eigenvalue weighted by molar-refractivity contribution is 6.77. The van der Waals surface area contributed by atoms with Crippen molar-refractivity contribution in [1.29, 1.82) is 0 Å². The number of nitrogens with one attached hydrogen (secondary N) is 2. The maximum Gasteiger partial charge on any atom is 0.408 e. The van der Waals surface area contributed by atoms with E-state index in [-0.39, 0.29) is 36.2 Å². The quantitative estimate of drug-likeness (QED) is 0.270. The number of amides is 2. The van der Waals surface area contributed by atoms with Gasteiger partial charge in [0.15, 0.2) is 0 Å². The SMILES string of the molecule is CC(C)[Si](O[C@@H](CNC(=O)OCc1ccccc1)C[C@@H](NC(=O)OC(C)(C)C)C(=O)O)(C(C)C)C(C)C. The molecule has 0 saturated heterocycles. The first kappa shape index (κ1) is 32.4. The summed E-state index contributed by atoms with van der Waals surface area (Å²) in [6.07, 6.45) is -2.17. The summed E-state index contributed by atoms with van der Waals surface area (Å²) in [4.78, 5) is 36.9. The number of hydrogen-bond donors (Lipinski definition) is 3. The van der Waals surface area contributed by atoms with Gasteiger partial charge in [0.1, 0.15) is 18.2 Å². The molecule has 0 aliphatic heterocycles. The van der Waals surface area contributed by atoms with Crippen molar-refractivity contribution in [2.45, 2.75) is 110 Å². The normalized spacial score (nSPS) is 13.8. The standard InChI is InChI=1S/C27H46N2O7Si/c1-18(2)37(19(3)4,20(5)6)36-22(15-23(24(30)31)29-26(33)35-27(7,8)9)16-28-25(32)34-17-21-13-11-10-12-14-21/h10-14,18-20,22-23H,15-17H2,1-9H3,(H,28,32)(H,29,33)(H,30,31)/t22-,23-/m1/s1. The van der Waals surface area contributed by atoms with Gasteiger partial charge in [-0.1, -0.05) is 71.9 Å². The van der Waals surface area contributed by atoms with E-state index in [1.165, 1.54) is 0 Å². The Kier molecular flexibility index (Phi) is 12.6. The van der Waals surface area contributed by atoms with E-state index in [1.54, 1.807) is 20.8 Å².